The van der Waals surface area contributed by atoms with E-state index in [1.165, 1.54) is 6.07 Å². The fourth-order valence-electron chi connectivity index (χ4n) is 1.74. The molecule has 2 nitrogen and oxygen atoms in total. The van der Waals surface area contributed by atoms with Crippen molar-refractivity contribution in [3.63, 3.8) is 0 Å². The van der Waals surface area contributed by atoms with E-state index in [4.69, 9.17) is 22.1 Å². The first-order valence-corrected chi connectivity index (χ1v) is 6.40. The van der Waals surface area contributed by atoms with E-state index in [0.717, 1.165) is 0 Å². The molecule has 0 aliphatic heterocycles. The van der Waals surface area contributed by atoms with E-state index >= 15 is 0 Å². The van der Waals surface area contributed by atoms with E-state index < -0.39 is 0 Å². The number of rotatable bonds is 5. The Morgan fingerprint density at radius 3 is 2.47 bits per heavy atom. The Labute approximate surface area is 117 Å². The Bertz CT molecular complexity index is 530. The van der Waals surface area contributed by atoms with E-state index in [9.17, 15) is 4.39 Å². The van der Waals surface area contributed by atoms with Crippen molar-refractivity contribution in [2.75, 3.05) is 6.61 Å². The first kappa shape index (κ1) is 13.8. The van der Waals surface area contributed by atoms with Crippen LogP contribution in [0, 0.1) is 5.82 Å². The van der Waals surface area contributed by atoms with Gasteiger partial charge in [0.05, 0.1) is 0 Å². The number of ether oxygens (including phenoxy) is 1. The summed E-state index contributed by atoms with van der Waals surface area (Å²) in [6.45, 7) is 0.329. The molecule has 100 valence electrons. The molecular formula is C15H15ClFNO. The van der Waals surface area contributed by atoms with Gasteiger partial charge in [0.2, 0.25) is 0 Å². The predicted octanol–water partition coefficient (Wildman–Crippen LogP) is 3.43. The monoisotopic (exact) mass is 279 g/mol. The number of nitrogens with two attached hydrogens (primary N) is 1. The Hall–Kier alpha value is -1.58. The first-order valence-electron chi connectivity index (χ1n) is 6.02. The normalized spacial score (nSPS) is 12.2. The zero-order chi connectivity index (χ0) is 13.7. The van der Waals surface area contributed by atoms with Crippen molar-refractivity contribution in [2.24, 2.45) is 5.73 Å². The second-order valence-corrected chi connectivity index (χ2v) is 4.76. The van der Waals surface area contributed by atoms with Gasteiger partial charge in [-0.05, 0) is 42.3 Å². The van der Waals surface area contributed by atoms with Crippen molar-refractivity contribution in [3.05, 3.63) is 64.9 Å². The van der Waals surface area contributed by atoms with Gasteiger partial charge < -0.3 is 10.5 Å². The molecule has 2 rings (SSSR count). The van der Waals surface area contributed by atoms with E-state index in [-0.39, 0.29) is 11.9 Å². The van der Waals surface area contributed by atoms with Crippen LogP contribution < -0.4 is 10.5 Å². The van der Waals surface area contributed by atoms with Gasteiger partial charge in [0.25, 0.3) is 0 Å². The fourth-order valence-corrected chi connectivity index (χ4v) is 1.87. The highest BCUT2D eigenvalue weighted by atomic mass is 35.5. The van der Waals surface area contributed by atoms with Gasteiger partial charge in [-0.1, -0.05) is 29.8 Å². The Balaban J connectivity index is 1.86. The van der Waals surface area contributed by atoms with Crippen LogP contribution >= 0.6 is 11.6 Å². The van der Waals surface area contributed by atoms with E-state index in [2.05, 4.69) is 0 Å². The first-order chi connectivity index (χ1) is 9.15. The molecule has 0 spiro atoms. The molecular weight excluding hydrogens is 265 g/mol. The Morgan fingerprint density at radius 1 is 1.11 bits per heavy atom. The fraction of sp³-hybridized carbons (Fsp3) is 0.200. The minimum atomic E-state index is -0.257. The van der Waals surface area contributed by atoms with E-state index in [1.54, 1.807) is 42.5 Å². The molecule has 2 aromatic rings. The molecule has 2 N–H and O–H groups in total. The van der Waals surface area contributed by atoms with Gasteiger partial charge in [-0.2, -0.15) is 0 Å². The number of benzene rings is 2. The molecule has 0 saturated carbocycles. The van der Waals surface area contributed by atoms with Crippen LogP contribution in [0.5, 0.6) is 5.75 Å². The molecule has 0 heterocycles. The zero-order valence-corrected chi connectivity index (χ0v) is 11.1. The molecule has 0 saturated heterocycles. The summed E-state index contributed by atoms with van der Waals surface area (Å²) >= 11 is 5.78. The number of halogens is 2. The Kier molecular flexibility index (Phi) is 4.77. The number of hydrogen-bond acceptors (Lipinski definition) is 2. The summed E-state index contributed by atoms with van der Waals surface area (Å²) in [6, 6.07) is 13.4. The topological polar surface area (TPSA) is 35.2 Å². The van der Waals surface area contributed by atoms with Gasteiger partial charge in [0.15, 0.2) is 0 Å². The molecule has 0 radical (unpaired) electrons. The predicted molar refractivity (Wildman–Crippen MR) is 75.0 cm³/mol. The summed E-state index contributed by atoms with van der Waals surface area (Å²) < 4.78 is 19.0. The second kappa shape index (κ2) is 6.55. The lowest BCUT2D eigenvalue weighted by molar-refractivity contribution is 0.287. The molecule has 0 bridgehead atoms. The standard InChI is InChI=1S/C15H15ClFNO/c16-12-5-7-14(8-6-12)19-10-13(18)9-11-3-1-2-4-15(11)17/h1-8,13H,9-10,18H2. The van der Waals surface area contributed by atoms with Crippen molar-refractivity contribution < 1.29 is 9.13 Å². The van der Waals surface area contributed by atoms with Crippen LogP contribution in [-0.2, 0) is 6.42 Å². The van der Waals surface area contributed by atoms with Crippen molar-refractivity contribution in [3.8, 4) is 5.75 Å². The molecule has 1 unspecified atom stereocenters. The summed E-state index contributed by atoms with van der Waals surface area (Å²) in [6.07, 6.45) is 0.445. The summed E-state index contributed by atoms with van der Waals surface area (Å²) in [4.78, 5) is 0. The lowest BCUT2D eigenvalue weighted by Gasteiger charge is -2.13. The molecule has 1 atom stereocenters. The van der Waals surface area contributed by atoms with Crippen molar-refractivity contribution in [1.82, 2.24) is 0 Å². The molecule has 19 heavy (non-hydrogen) atoms. The summed E-state index contributed by atoms with van der Waals surface area (Å²) in [7, 11) is 0. The van der Waals surface area contributed by atoms with Crippen LogP contribution in [0.3, 0.4) is 0 Å². The average molecular weight is 280 g/mol. The molecule has 0 amide bonds. The van der Waals surface area contributed by atoms with Gasteiger partial charge >= 0.3 is 0 Å². The highest BCUT2D eigenvalue weighted by Gasteiger charge is 2.08. The van der Waals surface area contributed by atoms with Crippen LogP contribution in [-0.4, -0.2) is 12.6 Å². The smallest absolute Gasteiger partial charge is 0.126 e. The van der Waals surface area contributed by atoms with Crippen molar-refractivity contribution >= 4 is 11.6 Å². The SMILES string of the molecule is NC(COc1ccc(Cl)cc1)Cc1ccccc1F. The van der Waals surface area contributed by atoms with Crippen molar-refractivity contribution in [2.45, 2.75) is 12.5 Å². The van der Waals surface area contributed by atoms with Gasteiger partial charge in [-0.15, -0.1) is 0 Å². The van der Waals surface area contributed by atoms with Crippen LogP contribution in [0.4, 0.5) is 4.39 Å². The van der Waals surface area contributed by atoms with E-state index in [1.807, 2.05) is 0 Å². The van der Waals surface area contributed by atoms with Gasteiger partial charge in [0, 0.05) is 11.1 Å². The van der Waals surface area contributed by atoms with Crippen LogP contribution in [0.1, 0.15) is 5.56 Å². The molecule has 4 heteroatoms. The molecule has 2 aromatic carbocycles. The molecule has 0 aliphatic carbocycles. The quantitative estimate of drug-likeness (QED) is 0.910. The maximum absolute atomic E-state index is 13.4. The summed E-state index contributed by atoms with van der Waals surface area (Å²) in [5.74, 6) is 0.470. The maximum Gasteiger partial charge on any atom is 0.126 e. The van der Waals surface area contributed by atoms with Crippen LogP contribution in [0.2, 0.25) is 5.02 Å². The maximum atomic E-state index is 13.4. The molecule has 0 aliphatic rings. The second-order valence-electron chi connectivity index (χ2n) is 4.32. The lowest BCUT2D eigenvalue weighted by Crippen LogP contribution is -2.30. The van der Waals surface area contributed by atoms with Crippen molar-refractivity contribution in [1.29, 1.82) is 0 Å². The minimum Gasteiger partial charge on any atom is -0.492 e. The average Bonchev–Trinajstić information content (AvgIpc) is 2.41. The largest absolute Gasteiger partial charge is 0.492 e. The third-order valence-corrected chi connectivity index (χ3v) is 2.97. The lowest BCUT2D eigenvalue weighted by atomic mass is 10.1. The highest BCUT2D eigenvalue weighted by molar-refractivity contribution is 6.30. The zero-order valence-electron chi connectivity index (χ0n) is 10.4. The summed E-state index contributed by atoms with van der Waals surface area (Å²) in [5, 5.41) is 0.656. The van der Waals surface area contributed by atoms with Gasteiger partial charge in [0.1, 0.15) is 18.2 Å². The molecule has 0 fully saturated rings. The van der Waals surface area contributed by atoms with Gasteiger partial charge in [-0.3, -0.25) is 0 Å². The highest BCUT2D eigenvalue weighted by Crippen LogP contribution is 2.16. The Morgan fingerprint density at radius 2 is 1.79 bits per heavy atom. The van der Waals surface area contributed by atoms with Crippen LogP contribution in [0.15, 0.2) is 48.5 Å². The van der Waals surface area contributed by atoms with E-state index in [0.29, 0.717) is 29.4 Å². The third kappa shape index (κ3) is 4.23. The molecule has 0 aromatic heterocycles. The minimum absolute atomic E-state index is 0.232. The third-order valence-electron chi connectivity index (χ3n) is 2.72. The van der Waals surface area contributed by atoms with Crippen LogP contribution in [0.25, 0.3) is 0 Å². The summed E-state index contributed by atoms with van der Waals surface area (Å²) in [5.41, 5.74) is 6.54. The van der Waals surface area contributed by atoms with Gasteiger partial charge in [-0.25, -0.2) is 4.39 Å². The number of hydrogen-bond donors (Lipinski definition) is 1.